The fourth-order valence-corrected chi connectivity index (χ4v) is 6.67. The van der Waals surface area contributed by atoms with Gasteiger partial charge in [-0.25, -0.2) is 17.9 Å². The molecule has 0 unspecified atom stereocenters. The molecule has 3 rings (SSSR count). The molecule has 3 aromatic carbocycles. The van der Waals surface area contributed by atoms with Crippen molar-refractivity contribution in [2.45, 2.75) is 19.6 Å². The molecule has 52 heavy (non-hydrogen) atoms. The fourth-order valence-electron chi connectivity index (χ4n) is 3.26. The summed E-state index contributed by atoms with van der Waals surface area (Å²) in [6.45, 7) is -0.899. The second-order valence-electron chi connectivity index (χ2n) is 8.78. The van der Waals surface area contributed by atoms with Gasteiger partial charge >= 0.3 is 20.8 Å². The van der Waals surface area contributed by atoms with E-state index in [0.717, 1.165) is 30.3 Å². The van der Waals surface area contributed by atoms with Crippen molar-refractivity contribution in [3.63, 3.8) is 0 Å². The van der Waals surface area contributed by atoms with Crippen molar-refractivity contribution in [3.8, 4) is 11.4 Å². The Hall–Kier alpha value is -4.04. The second kappa shape index (κ2) is 18.6. The van der Waals surface area contributed by atoms with Crippen LogP contribution in [0.15, 0.2) is 88.6 Å². The van der Waals surface area contributed by atoms with Crippen molar-refractivity contribution in [2.75, 3.05) is 23.8 Å². The highest BCUT2D eigenvalue weighted by Crippen LogP contribution is 2.38. The van der Waals surface area contributed by atoms with Crippen LogP contribution in [0.2, 0.25) is 0 Å². The van der Waals surface area contributed by atoms with Crippen LogP contribution in [0.4, 0.5) is 34.1 Å². The van der Waals surface area contributed by atoms with Gasteiger partial charge in [-0.15, -0.1) is 24.8 Å². The second-order valence-corrected chi connectivity index (χ2v) is 16.0. The number of azo groups is 2. The number of nitrogen functional groups attached to an aromatic ring is 2. The van der Waals surface area contributed by atoms with E-state index < -0.39 is 58.0 Å². The maximum absolute atomic E-state index is 12.6. The predicted octanol–water partition coefficient (Wildman–Crippen LogP) is 2.89. The summed E-state index contributed by atoms with van der Waals surface area (Å²) in [5, 5.41) is 30.0. The van der Waals surface area contributed by atoms with Crippen molar-refractivity contribution >= 4 is 98.7 Å². The Kier molecular flexibility index (Phi) is 15.8. The topological polar surface area (TPSA) is 397 Å². The van der Waals surface area contributed by atoms with E-state index in [2.05, 4.69) is 48.5 Å². The van der Waals surface area contributed by atoms with Crippen LogP contribution in [0.5, 0.6) is 0 Å². The van der Waals surface area contributed by atoms with Gasteiger partial charge in [-0.1, -0.05) is 5.04 Å². The zero-order chi connectivity index (χ0) is 38.0. The van der Waals surface area contributed by atoms with Gasteiger partial charge in [-0.05, 0) is 64.6 Å². The van der Waals surface area contributed by atoms with Crippen LogP contribution in [0, 0.1) is 11.4 Å². The molecule has 0 aliphatic rings. The van der Waals surface area contributed by atoms with Crippen LogP contribution in [0.1, 0.15) is 0 Å². The minimum atomic E-state index is -4.93. The smallest absolute Gasteiger partial charge is 0.412 e. The number of nitrogens with zero attached hydrogens (tertiary/aromatic N) is 4. The van der Waals surface area contributed by atoms with Crippen LogP contribution in [-0.2, 0) is 63.5 Å². The first-order valence-electron chi connectivity index (χ1n) is 12.5. The summed E-state index contributed by atoms with van der Waals surface area (Å²) in [5.74, 6) is -0.856. The summed E-state index contributed by atoms with van der Waals surface area (Å²) in [6.07, 6.45) is 1.76. The molecule has 0 saturated heterocycles. The minimum Gasteiger partial charge on any atom is -0.412 e. The number of thioether (sulfide) groups is 1. The Bertz CT molecular complexity index is 2350. The highest BCUT2D eigenvalue weighted by molar-refractivity contribution is 8.04. The van der Waals surface area contributed by atoms with Crippen LogP contribution in [-0.4, -0.2) is 70.4 Å². The van der Waals surface area contributed by atoms with Crippen molar-refractivity contribution in [2.24, 2.45) is 20.5 Å². The number of hydrogen-bond acceptors (Lipinski definition) is 22. The lowest BCUT2D eigenvalue weighted by Gasteiger charge is -2.08. The molecule has 0 bridgehead atoms. The molecule has 0 atom stereocenters. The summed E-state index contributed by atoms with van der Waals surface area (Å²) in [7, 11) is -18.9. The molecule has 0 aliphatic carbocycles. The lowest BCUT2D eigenvalue weighted by molar-refractivity contribution is -0.432. The van der Waals surface area contributed by atoms with Gasteiger partial charge in [0.15, 0.2) is 15.9 Å². The molecule has 0 spiro atoms. The zero-order valence-corrected chi connectivity index (χ0v) is 29.9. The molecule has 0 saturated carbocycles. The number of nitrogens with two attached hydrogens (primary N) is 2. The van der Waals surface area contributed by atoms with E-state index in [4.69, 9.17) is 25.8 Å². The SMILES string of the molecule is Nc1cc(N)c(N=Nc2ccc(SC#COOS(=O)(=O)O)cc2S(=O)(=O)O)cc1N=Nc1ccc(S(=O)(=O)CCOS(=O)(=O)O)cc1SOOO.O. The quantitative estimate of drug-likeness (QED) is 0.0176. The largest absolute Gasteiger partial charge is 0.433 e. The Morgan fingerprint density at radius 3 is 1.92 bits per heavy atom. The van der Waals surface area contributed by atoms with E-state index >= 15 is 0 Å². The van der Waals surface area contributed by atoms with E-state index in [1.807, 2.05) is 0 Å². The average molecular weight is 851 g/mol. The molecule has 3 aromatic rings. The van der Waals surface area contributed by atoms with Gasteiger partial charge in [-0.2, -0.15) is 25.3 Å². The summed E-state index contributed by atoms with van der Waals surface area (Å²) >= 11 is 0.910. The van der Waals surface area contributed by atoms with E-state index in [-0.39, 0.29) is 54.3 Å². The Morgan fingerprint density at radius 1 is 0.750 bits per heavy atom. The van der Waals surface area contributed by atoms with Gasteiger partial charge in [0.2, 0.25) is 0 Å². The molecule has 0 fully saturated rings. The Labute approximate surface area is 302 Å². The molecule has 0 aliphatic heterocycles. The Balaban J connectivity index is 0.00000936. The Morgan fingerprint density at radius 2 is 1.35 bits per heavy atom. The maximum atomic E-state index is 12.6. The van der Waals surface area contributed by atoms with Crippen LogP contribution in [0.25, 0.3) is 0 Å². The van der Waals surface area contributed by atoms with Gasteiger partial charge in [0.05, 0.1) is 45.6 Å². The van der Waals surface area contributed by atoms with Crippen molar-refractivity contribution in [3.05, 3.63) is 48.5 Å². The number of rotatable bonds is 16. The van der Waals surface area contributed by atoms with Gasteiger partial charge in [0, 0.05) is 10.1 Å². The number of sulfone groups is 1. The first-order chi connectivity index (χ1) is 23.7. The van der Waals surface area contributed by atoms with Crippen molar-refractivity contribution in [1.29, 1.82) is 0 Å². The molecule has 0 radical (unpaired) electrons. The maximum Gasteiger partial charge on any atom is 0.433 e. The highest BCUT2D eigenvalue weighted by Gasteiger charge is 2.20. The highest BCUT2D eigenvalue weighted by atomic mass is 32.3. The lowest BCUT2D eigenvalue weighted by Crippen LogP contribution is -2.15. The average Bonchev–Trinajstić information content (AvgIpc) is 3.01. The molecular weight excluding hydrogens is 829 g/mol. The first-order valence-corrected chi connectivity index (χ1v) is 19.8. The third kappa shape index (κ3) is 14.2. The fraction of sp³-hybridized carbons (Fsp3) is 0.0909. The normalized spacial score (nSPS) is 12.4. The number of benzene rings is 3. The molecule has 0 amide bonds. The molecule has 24 nitrogen and oxygen atoms in total. The summed E-state index contributed by atoms with van der Waals surface area (Å²) in [4.78, 5) is 2.84. The van der Waals surface area contributed by atoms with E-state index in [1.165, 1.54) is 18.2 Å². The number of anilines is 2. The predicted molar refractivity (Wildman–Crippen MR) is 177 cm³/mol. The summed E-state index contributed by atoms with van der Waals surface area (Å²) in [5.41, 5.74) is 11.2. The van der Waals surface area contributed by atoms with Gasteiger partial charge < -0.3 is 16.9 Å². The van der Waals surface area contributed by atoms with Gasteiger partial charge in [-0.3, -0.25) is 18.5 Å². The molecule has 0 heterocycles. The standard InChI is InChI=1S/C22H20N6O17S6.H2O/c23-15-11-16(24)20(28-26-18-3-1-13(9-22(18)49(32,33)34)46-7-5-41-45-51(38,39)40)12-19(15)27-25-17-4-2-14(10-21(17)47-44-43-29)48(30,31)8-6-42-50(35,36)37;/h1-4,9-12,29H,6,8,23-24H2,(H,32,33,34)(H,35,36,37)(H,38,39,40);1H2. The monoisotopic (exact) mass is 850 g/mol. The van der Waals surface area contributed by atoms with Crippen LogP contribution < -0.4 is 11.5 Å². The molecule has 30 heteroatoms. The molecule has 284 valence electrons. The number of hydrogen-bond donors (Lipinski definition) is 6. The molecular formula is C22H22N6O18S6. The van der Waals surface area contributed by atoms with Crippen LogP contribution >= 0.6 is 23.8 Å². The molecule has 10 N–H and O–H groups in total. The molecule has 0 aromatic heterocycles. The summed E-state index contributed by atoms with van der Waals surface area (Å²) in [6, 6.07) is 9.01. The van der Waals surface area contributed by atoms with E-state index in [9.17, 15) is 38.2 Å². The third-order valence-corrected chi connectivity index (χ3v) is 9.89. The minimum absolute atomic E-state index is 0. The van der Waals surface area contributed by atoms with Crippen LogP contribution in [0.3, 0.4) is 0 Å². The van der Waals surface area contributed by atoms with Crippen molar-refractivity contribution in [1.82, 2.24) is 0 Å². The first kappa shape index (κ1) is 44.1. The zero-order valence-electron chi connectivity index (χ0n) is 25.0. The van der Waals surface area contributed by atoms with E-state index in [0.29, 0.717) is 23.8 Å². The lowest BCUT2D eigenvalue weighted by atomic mass is 10.2. The van der Waals surface area contributed by atoms with Crippen molar-refractivity contribution < 1.29 is 80.8 Å². The van der Waals surface area contributed by atoms with E-state index in [1.54, 1.807) is 6.11 Å². The third-order valence-electron chi connectivity index (χ3n) is 5.32. The summed E-state index contributed by atoms with van der Waals surface area (Å²) < 4.78 is 130. The van der Waals surface area contributed by atoms with Gasteiger partial charge in [0.1, 0.15) is 27.6 Å². The van der Waals surface area contributed by atoms with Gasteiger partial charge in [0.25, 0.3) is 10.1 Å².